The van der Waals surface area contributed by atoms with E-state index < -0.39 is 6.10 Å². The van der Waals surface area contributed by atoms with E-state index in [2.05, 4.69) is 34.6 Å². The number of hydrogen-bond donors (Lipinski definition) is 0. The Morgan fingerprint density at radius 3 is 1.08 bits per heavy atom. The van der Waals surface area contributed by atoms with Crippen molar-refractivity contribution in [1.29, 1.82) is 0 Å². The van der Waals surface area contributed by atoms with Gasteiger partial charge in [-0.1, -0.05) is 214 Å². The third kappa shape index (κ3) is 39.9. The van der Waals surface area contributed by atoms with Crippen LogP contribution in [0.3, 0.4) is 0 Å². The minimum absolute atomic E-state index is 0.0653. The fourth-order valence-electron chi connectivity index (χ4n) is 6.90. The molecule has 0 spiro atoms. The smallest absolute Gasteiger partial charge is 0.306 e. The molecule has 0 amide bonds. The lowest BCUT2D eigenvalue weighted by Gasteiger charge is -2.18. The molecule has 0 rings (SSSR count). The highest BCUT2D eigenvalue weighted by atomic mass is 16.6. The van der Waals surface area contributed by atoms with Gasteiger partial charge in [-0.25, -0.2) is 0 Å². The highest BCUT2D eigenvalue weighted by Crippen LogP contribution is 2.17. The van der Waals surface area contributed by atoms with E-state index in [0.717, 1.165) is 69.6 Å². The van der Waals surface area contributed by atoms with Crippen LogP contribution in [0.15, 0.2) is 0 Å². The van der Waals surface area contributed by atoms with Gasteiger partial charge in [0.05, 0.1) is 0 Å². The summed E-state index contributed by atoms with van der Waals surface area (Å²) >= 11 is 0. The average Bonchev–Trinajstić information content (AvgIpc) is 3.14. The number of esters is 3. The summed E-state index contributed by atoms with van der Waals surface area (Å²) in [5, 5.41) is 0. The third-order valence-electron chi connectivity index (χ3n) is 10.8. The molecule has 6 heteroatoms. The molecule has 0 fully saturated rings. The summed E-state index contributed by atoms with van der Waals surface area (Å²) in [4.78, 5) is 37.6. The molecule has 0 saturated carbocycles. The van der Waals surface area contributed by atoms with Gasteiger partial charge in [0.1, 0.15) is 13.2 Å². The van der Waals surface area contributed by atoms with Crippen LogP contribution >= 0.6 is 0 Å². The van der Waals surface area contributed by atoms with Crippen LogP contribution in [0.25, 0.3) is 0 Å². The van der Waals surface area contributed by atoms with Gasteiger partial charge in [0.25, 0.3) is 0 Å². The van der Waals surface area contributed by atoms with Crippen LogP contribution in [0.4, 0.5) is 0 Å². The molecule has 0 radical (unpaired) electrons. The van der Waals surface area contributed by atoms with Crippen molar-refractivity contribution in [1.82, 2.24) is 0 Å². The van der Waals surface area contributed by atoms with E-state index in [1.165, 1.54) is 141 Å². The number of carbonyl (C=O) groups excluding carboxylic acids is 3. The standard InChI is InChI=1S/C47H90O6/c1-6-8-9-10-20-29-34-39-47(50)53-44(40-51-45(48)37-32-27-23-18-13-11-12-16-21-25-30-35-42(3)4)41-52-46(49)38-33-28-24-19-15-14-17-22-26-31-36-43(5)7-2/h42-44H,6-41H2,1-5H3/t43?,44-/m0/s1. The van der Waals surface area contributed by atoms with Gasteiger partial charge < -0.3 is 14.2 Å². The second kappa shape index (κ2) is 40.1. The number of ether oxygens (including phenoxy) is 3. The van der Waals surface area contributed by atoms with Crippen LogP contribution in [0.1, 0.15) is 253 Å². The van der Waals surface area contributed by atoms with E-state index in [1.54, 1.807) is 0 Å². The van der Waals surface area contributed by atoms with Gasteiger partial charge in [0, 0.05) is 19.3 Å². The van der Waals surface area contributed by atoms with Gasteiger partial charge in [-0.15, -0.1) is 0 Å². The van der Waals surface area contributed by atoms with Gasteiger partial charge in [-0.3, -0.25) is 14.4 Å². The predicted octanol–water partition coefficient (Wildman–Crippen LogP) is 14.6. The quantitative estimate of drug-likeness (QED) is 0.0352. The highest BCUT2D eigenvalue weighted by Gasteiger charge is 2.19. The summed E-state index contributed by atoms with van der Waals surface area (Å²) in [5.41, 5.74) is 0. The molecular formula is C47H90O6. The van der Waals surface area contributed by atoms with Crippen molar-refractivity contribution in [2.24, 2.45) is 11.8 Å². The summed E-state index contributed by atoms with van der Waals surface area (Å²) in [7, 11) is 0. The lowest BCUT2D eigenvalue weighted by molar-refractivity contribution is -0.167. The molecule has 6 nitrogen and oxygen atoms in total. The molecule has 0 aromatic carbocycles. The topological polar surface area (TPSA) is 78.9 Å². The summed E-state index contributed by atoms with van der Waals surface area (Å²) < 4.78 is 16.7. The van der Waals surface area contributed by atoms with Crippen LogP contribution in [0.5, 0.6) is 0 Å². The first-order valence-electron chi connectivity index (χ1n) is 23.3. The lowest BCUT2D eigenvalue weighted by atomic mass is 9.99. The lowest BCUT2D eigenvalue weighted by Crippen LogP contribution is -2.30. The molecule has 0 aliphatic carbocycles. The van der Waals surface area contributed by atoms with Gasteiger partial charge in [-0.2, -0.15) is 0 Å². The Labute approximate surface area is 329 Å². The van der Waals surface area contributed by atoms with Crippen molar-refractivity contribution in [3.05, 3.63) is 0 Å². The summed E-state index contributed by atoms with van der Waals surface area (Å²) in [6.07, 6.45) is 38.0. The average molecular weight is 751 g/mol. The first-order chi connectivity index (χ1) is 25.8. The van der Waals surface area contributed by atoms with Gasteiger partial charge >= 0.3 is 17.9 Å². The number of rotatable bonds is 41. The molecular weight excluding hydrogens is 661 g/mol. The van der Waals surface area contributed by atoms with Crippen LogP contribution in [-0.4, -0.2) is 37.2 Å². The van der Waals surface area contributed by atoms with E-state index in [9.17, 15) is 14.4 Å². The van der Waals surface area contributed by atoms with Gasteiger partial charge in [0.15, 0.2) is 6.10 Å². The Morgan fingerprint density at radius 1 is 0.396 bits per heavy atom. The van der Waals surface area contributed by atoms with Crippen molar-refractivity contribution >= 4 is 17.9 Å². The van der Waals surface area contributed by atoms with Crippen LogP contribution < -0.4 is 0 Å². The van der Waals surface area contributed by atoms with Gasteiger partial charge in [0.2, 0.25) is 0 Å². The SMILES string of the molecule is CCCCCCCCCC(=O)O[C@@H](COC(=O)CCCCCCCCCCCCCC(C)C)COC(=O)CCCCCCCCCCCCC(C)CC. The first-order valence-corrected chi connectivity index (χ1v) is 23.3. The molecule has 0 saturated heterocycles. The molecule has 0 aliphatic rings. The Bertz CT molecular complexity index is 811. The maximum absolute atomic E-state index is 12.6. The summed E-state index contributed by atoms with van der Waals surface area (Å²) in [5.74, 6) is 0.834. The second-order valence-electron chi connectivity index (χ2n) is 16.8. The minimum Gasteiger partial charge on any atom is -0.462 e. The fourth-order valence-corrected chi connectivity index (χ4v) is 6.90. The zero-order valence-corrected chi connectivity index (χ0v) is 36.1. The molecule has 0 aliphatic heterocycles. The molecule has 0 bridgehead atoms. The molecule has 1 unspecified atom stereocenters. The summed E-state index contributed by atoms with van der Waals surface area (Å²) in [6, 6.07) is 0. The normalized spacial score (nSPS) is 12.6. The zero-order valence-electron chi connectivity index (χ0n) is 36.1. The highest BCUT2D eigenvalue weighted by molar-refractivity contribution is 5.71. The number of carbonyl (C=O) groups is 3. The van der Waals surface area contributed by atoms with Crippen LogP contribution in [0.2, 0.25) is 0 Å². The first kappa shape index (κ1) is 51.4. The summed E-state index contributed by atoms with van der Waals surface area (Å²) in [6.45, 7) is 11.3. The predicted molar refractivity (Wildman–Crippen MR) is 224 cm³/mol. The Morgan fingerprint density at radius 2 is 0.717 bits per heavy atom. The second-order valence-corrected chi connectivity index (χ2v) is 16.8. The number of unbranched alkanes of at least 4 members (excludes halogenated alkanes) is 25. The maximum Gasteiger partial charge on any atom is 0.306 e. The van der Waals surface area contributed by atoms with Crippen molar-refractivity contribution in [2.45, 2.75) is 259 Å². The third-order valence-corrected chi connectivity index (χ3v) is 10.8. The molecule has 2 atom stereocenters. The monoisotopic (exact) mass is 751 g/mol. The van der Waals surface area contributed by atoms with E-state index in [0.29, 0.717) is 19.3 Å². The molecule has 0 aromatic rings. The molecule has 0 heterocycles. The molecule has 53 heavy (non-hydrogen) atoms. The molecule has 0 aromatic heterocycles. The Hall–Kier alpha value is -1.59. The van der Waals surface area contributed by atoms with Gasteiger partial charge in [-0.05, 0) is 31.1 Å². The van der Waals surface area contributed by atoms with Crippen molar-refractivity contribution < 1.29 is 28.6 Å². The van der Waals surface area contributed by atoms with E-state index >= 15 is 0 Å². The zero-order chi connectivity index (χ0) is 39.0. The van der Waals surface area contributed by atoms with Crippen molar-refractivity contribution in [2.75, 3.05) is 13.2 Å². The van der Waals surface area contributed by atoms with Crippen LogP contribution in [-0.2, 0) is 28.6 Å². The molecule has 314 valence electrons. The Kier molecular flexibility index (Phi) is 38.9. The maximum atomic E-state index is 12.6. The fraction of sp³-hybridized carbons (Fsp3) is 0.936. The van der Waals surface area contributed by atoms with Crippen molar-refractivity contribution in [3.8, 4) is 0 Å². The van der Waals surface area contributed by atoms with Crippen molar-refractivity contribution in [3.63, 3.8) is 0 Å². The van der Waals surface area contributed by atoms with E-state index in [4.69, 9.17) is 14.2 Å². The Balaban J connectivity index is 4.24. The minimum atomic E-state index is -0.759. The van der Waals surface area contributed by atoms with Crippen LogP contribution in [0, 0.1) is 11.8 Å². The van der Waals surface area contributed by atoms with E-state index in [-0.39, 0.29) is 31.1 Å². The largest absolute Gasteiger partial charge is 0.462 e. The number of hydrogen-bond acceptors (Lipinski definition) is 6. The molecule has 0 N–H and O–H groups in total. The van der Waals surface area contributed by atoms with E-state index in [1.807, 2.05) is 0 Å².